The minimum Gasteiger partial charge on any atom is -0.382 e. The first-order valence-corrected chi connectivity index (χ1v) is 12.4. The summed E-state index contributed by atoms with van der Waals surface area (Å²) in [6.07, 6.45) is 6.97. The van der Waals surface area contributed by atoms with Crippen LogP contribution in [0, 0.1) is 6.92 Å². The van der Waals surface area contributed by atoms with Crippen molar-refractivity contribution in [3.05, 3.63) is 41.7 Å². The Morgan fingerprint density at radius 2 is 1.97 bits per heavy atom. The number of nitrogens with zero attached hydrogens (tertiary/aromatic N) is 3. The third-order valence-corrected chi connectivity index (χ3v) is 9.15. The van der Waals surface area contributed by atoms with E-state index in [0.29, 0.717) is 13.1 Å². The van der Waals surface area contributed by atoms with Gasteiger partial charge < -0.3 is 5.32 Å². The molecule has 1 N–H and O–H groups in total. The highest BCUT2D eigenvalue weighted by molar-refractivity contribution is 7.90. The van der Waals surface area contributed by atoms with Crippen LogP contribution in [-0.2, 0) is 10.0 Å². The zero-order chi connectivity index (χ0) is 20.0. The van der Waals surface area contributed by atoms with Crippen LogP contribution in [0.5, 0.6) is 0 Å². The fourth-order valence-corrected chi connectivity index (χ4v) is 6.64. The van der Waals surface area contributed by atoms with E-state index in [1.54, 1.807) is 15.6 Å². The summed E-state index contributed by atoms with van der Waals surface area (Å²) in [5.74, 6) is 0. The van der Waals surface area contributed by atoms with Crippen LogP contribution >= 0.6 is 11.3 Å². The Morgan fingerprint density at radius 3 is 2.66 bits per heavy atom. The monoisotopic (exact) mass is 428 g/mol. The molecule has 1 saturated carbocycles. The molecule has 0 bridgehead atoms. The first-order valence-electron chi connectivity index (χ1n) is 10.1. The maximum absolute atomic E-state index is 12.5. The van der Waals surface area contributed by atoms with E-state index in [0.717, 1.165) is 58.4 Å². The summed E-state index contributed by atoms with van der Waals surface area (Å²) in [7, 11) is -3.07. The molecule has 1 aliphatic heterocycles. The van der Waals surface area contributed by atoms with Gasteiger partial charge in [0.15, 0.2) is 0 Å². The molecule has 3 aromatic rings. The van der Waals surface area contributed by atoms with Crippen molar-refractivity contribution in [3.63, 3.8) is 0 Å². The van der Waals surface area contributed by atoms with Crippen molar-refractivity contribution in [1.29, 1.82) is 0 Å². The number of sulfonamides is 1. The molecule has 152 valence electrons. The largest absolute Gasteiger partial charge is 0.382 e. The van der Waals surface area contributed by atoms with Gasteiger partial charge in [0.1, 0.15) is 5.01 Å². The van der Waals surface area contributed by atoms with Crippen LogP contribution in [0.25, 0.3) is 21.3 Å². The van der Waals surface area contributed by atoms with Gasteiger partial charge in [-0.2, -0.15) is 0 Å². The Kier molecular flexibility index (Phi) is 4.80. The van der Waals surface area contributed by atoms with E-state index in [2.05, 4.69) is 32.8 Å². The molecule has 1 aliphatic carbocycles. The number of aromatic nitrogens is 2. The number of rotatable bonds is 5. The van der Waals surface area contributed by atoms with Gasteiger partial charge in [0.05, 0.1) is 5.25 Å². The van der Waals surface area contributed by atoms with Gasteiger partial charge >= 0.3 is 0 Å². The second kappa shape index (κ2) is 7.34. The lowest BCUT2D eigenvalue weighted by molar-refractivity contribution is 0.329. The molecular weight excluding hydrogens is 404 g/mol. The fourth-order valence-electron chi connectivity index (χ4n) is 3.98. The zero-order valence-corrected chi connectivity index (χ0v) is 18.0. The average molecular weight is 429 g/mol. The number of hydrogen-bond donors (Lipinski definition) is 1. The summed E-state index contributed by atoms with van der Waals surface area (Å²) in [6, 6.07) is 6.58. The Bertz CT molecular complexity index is 1150. The van der Waals surface area contributed by atoms with Gasteiger partial charge in [-0.3, -0.25) is 4.98 Å². The number of thiazole rings is 1. The van der Waals surface area contributed by atoms with Crippen molar-refractivity contribution in [1.82, 2.24) is 14.3 Å². The molecule has 0 unspecified atom stereocenters. The fraction of sp³-hybridized carbons (Fsp3) is 0.429. The van der Waals surface area contributed by atoms with E-state index < -0.39 is 10.0 Å². The van der Waals surface area contributed by atoms with Crippen LogP contribution < -0.4 is 5.32 Å². The van der Waals surface area contributed by atoms with E-state index in [-0.39, 0.29) is 11.3 Å². The smallest absolute Gasteiger partial charge is 0.216 e. The van der Waals surface area contributed by atoms with Gasteiger partial charge in [-0.1, -0.05) is 0 Å². The number of fused-ring (bicyclic) bond motifs is 1. The molecule has 0 amide bonds. The number of nitrogens with one attached hydrogen (secondary N) is 1. The summed E-state index contributed by atoms with van der Waals surface area (Å²) in [5, 5.41) is 8.83. The van der Waals surface area contributed by atoms with Crippen molar-refractivity contribution >= 4 is 37.8 Å². The van der Waals surface area contributed by atoms with Crippen molar-refractivity contribution < 1.29 is 8.42 Å². The Balaban J connectivity index is 1.39. The van der Waals surface area contributed by atoms with Crippen LogP contribution in [-0.4, -0.2) is 47.1 Å². The number of pyridine rings is 1. The number of benzene rings is 1. The average Bonchev–Trinajstić information content (AvgIpc) is 3.50. The molecule has 2 aliphatic rings. The first-order chi connectivity index (χ1) is 14.0. The molecule has 0 atom stereocenters. The molecule has 1 aromatic carbocycles. The van der Waals surface area contributed by atoms with E-state index in [1.807, 2.05) is 25.4 Å². The third-order valence-electron chi connectivity index (χ3n) is 5.74. The van der Waals surface area contributed by atoms with Gasteiger partial charge in [-0.25, -0.2) is 17.7 Å². The van der Waals surface area contributed by atoms with Crippen molar-refractivity contribution in [2.45, 2.75) is 43.9 Å². The standard InChI is InChI=1S/C21H24N4O2S2/c1-14-13-28-21(23-14)16-10-15-4-7-22-12-19(15)20(11-16)24-17-5-8-25(9-6-17)29(26,27)18-2-3-18/h4,7,10-13,17-18,24H,2-3,5-6,8-9H2,1H3. The Morgan fingerprint density at radius 1 is 1.17 bits per heavy atom. The number of anilines is 1. The minimum absolute atomic E-state index is 0.125. The highest BCUT2D eigenvalue weighted by atomic mass is 32.2. The number of piperidine rings is 1. The van der Waals surface area contributed by atoms with Gasteiger partial charge in [-0.15, -0.1) is 11.3 Å². The summed E-state index contributed by atoms with van der Waals surface area (Å²) >= 11 is 1.65. The molecule has 6 nitrogen and oxygen atoms in total. The van der Waals surface area contributed by atoms with E-state index in [9.17, 15) is 8.42 Å². The molecule has 0 radical (unpaired) electrons. The summed E-state index contributed by atoms with van der Waals surface area (Å²) < 4.78 is 26.7. The predicted molar refractivity (Wildman–Crippen MR) is 118 cm³/mol. The van der Waals surface area contributed by atoms with E-state index >= 15 is 0 Å². The maximum atomic E-state index is 12.5. The lowest BCUT2D eigenvalue weighted by atomic mass is 10.0. The van der Waals surface area contributed by atoms with Gasteiger partial charge in [0.25, 0.3) is 0 Å². The third kappa shape index (κ3) is 3.76. The molecule has 5 rings (SSSR count). The topological polar surface area (TPSA) is 75.2 Å². The molecule has 0 spiro atoms. The van der Waals surface area contributed by atoms with Gasteiger partial charge in [0, 0.05) is 59.2 Å². The van der Waals surface area contributed by atoms with Crippen LogP contribution in [0.1, 0.15) is 31.4 Å². The molecule has 8 heteroatoms. The lowest BCUT2D eigenvalue weighted by Gasteiger charge is -2.32. The SMILES string of the molecule is Cc1csc(-c2cc(NC3CCN(S(=O)(=O)C4CC4)CC3)c3cnccc3c2)n1. The normalized spacial score (nSPS) is 18.9. The zero-order valence-electron chi connectivity index (χ0n) is 16.3. The predicted octanol–water partition coefficient (Wildman–Crippen LogP) is 4.04. The first kappa shape index (κ1) is 19.0. The molecule has 29 heavy (non-hydrogen) atoms. The van der Waals surface area contributed by atoms with Crippen molar-refractivity contribution in [2.24, 2.45) is 0 Å². The second-order valence-corrected chi connectivity index (χ2v) is 11.0. The summed E-state index contributed by atoms with van der Waals surface area (Å²) in [5.41, 5.74) is 3.17. The molecular formula is C21H24N4O2S2. The summed E-state index contributed by atoms with van der Waals surface area (Å²) in [4.78, 5) is 8.94. The Hall–Kier alpha value is -2.03. The lowest BCUT2D eigenvalue weighted by Crippen LogP contribution is -2.43. The highest BCUT2D eigenvalue weighted by Gasteiger charge is 2.41. The number of aryl methyl sites for hydroxylation is 1. The van der Waals surface area contributed by atoms with Gasteiger partial charge in [-0.05, 0) is 56.2 Å². The summed E-state index contributed by atoms with van der Waals surface area (Å²) in [6.45, 7) is 3.20. The second-order valence-electron chi connectivity index (χ2n) is 7.98. The molecule has 1 saturated heterocycles. The molecule has 2 fully saturated rings. The van der Waals surface area contributed by atoms with E-state index in [4.69, 9.17) is 0 Å². The van der Waals surface area contributed by atoms with Crippen LogP contribution in [0.4, 0.5) is 5.69 Å². The van der Waals surface area contributed by atoms with Crippen LogP contribution in [0.2, 0.25) is 0 Å². The quantitative estimate of drug-likeness (QED) is 0.664. The molecule has 2 aromatic heterocycles. The van der Waals surface area contributed by atoms with Crippen LogP contribution in [0.15, 0.2) is 36.0 Å². The minimum atomic E-state index is -3.07. The van der Waals surface area contributed by atoms with Crippen LogP contribution in [0.3, 0.4) is 0 Å². The van der Waals surface area contributed by atoms with Crippen molar-refractivity contribution in [3.8, 4) is 10.6 Å². The number of hydrogen-bond acceptors (Lipinski definition) is 6. The van der Waals surface area contributed by atoms with E-state index in [1.165, 1.54) is 0 Å². The maximum Gasteiger partial charge on any atom is 0.216 e. The van der Waals surface area contributed by atoms with Crippen molar-refractivity contribution in [2.75, 3.05) is 18.4 Å². The van der Waals surface area contributed by atoms with Gasteiger partial charge in [0.2, 0.25) is 10.0 Å². The Labute approximate surface area is 175 Å². The molecule has 3 heterocycles. The highest BCUT2D eigenvalue weighted by Crippen LogP contribution is 2.35.